The fourth-order valence-corrected chi connectivity index (χ4v) is 4.17. The van der Waals surface area contributed by atoms with Crippen LogP contribution in [0.2, 0.25) is 5.02 Å². The van der Waals surface area contributed by atoms with Gasteiger partial charge in [-0.25, -0.2) is 4.68 Å². The van der Waals surface area contributed by atoms with Crippen molar-refractivity contribution in [3.63, 3.8) is 0 Å². The van der Waals surface area contributed by atoms with Gasteiger partial charge >= 0.3 is 0 Å². The molecule has 0 aliphatic carbocycles. The lowest BCUT2D eigenvalue weighted by Crippen LogP contribution is -2.10. The molecule has 5 nitrogen and oxygen atoms in total. The Kier molecular flexibility index (Phi) is 4.70. The molecule has 0 saturated heterocycles. The largest absolute Gasteiger partial charge is 0.392 e. The summed E-state index contributed by atoms with van der Waals surface area (Å²) in [5.41, 5.74) is 3.01. The van der Waals surface area contributed by atoms with E-state index in [2.05, 4.69) is 10.4 Å². The second-order valence-corrected chi connectivity index (χ2v) is 7.53. The maximum absolute atomic E-state index is 12.7. The number of para-hydroxylation sites is 1. The number of nitrogens with zero attached hydrogens (tertiary/aromatic N) is 2. The van der Waals surface area contributed by atoms with E-state index in [1.54, 1.807) is 28.9 Å². The van der Waals surface area contributed by atoms with E-state index in [4.69, 9.17) is 11.6 Å². The van der Waals surface area contributed by atoms with Crippen molar-refractivity contribution >= 4 is 44.7 Å². The number of halogens is 1. The maximum Gasteiger partial charge on any atom is 0.265 e. The molecule has 7 heteroatoms. The molecule has 2 aromatic heterocycles. The lowest BCUT2D eigenvalue weighted by Gasteiger charge is -2.05. The molecule has 0 atom stereocenters. The predicted octanol–water partition coefficient (Wildman–Crippen LogP) is 4.79. The van der Waals surface area contributed by atoms with Crippen molar-refractivity contribution in [3.05, 3.63) is 75.8 Å². The van der Waals surface area contributed by atoms with Crippen LogP contribution in [-0.4, -0.2) is 20.8 Å². The molecule has 4 rings (SSSR count). The second kappa shape index (κ2) is 7.15. The molecule has 2 aromatic carbocycles. The summed E-state index contributed by atoms with van der Waals surface area (Å²) in [4.78, 5) is 14.1. The van der Waals surface area contributed by atoms with Crippen molar-refractivity contribution < 1.29 is 9.90 Å². The summed E-state index contributed by atoms with van der Waals surface area (Å²) in [5.74, 6) is -0.198. The number of aliphatic hydroxyl groups excluding tert-OH is 1. The third kappa shape index (κ3) is 3.35. The highest BCUT2D eigenvalue weighted by atomic mass is 35.5. The zero-order chi connectivity index (χ0) is 19.0. The molecule has 0 aliphatic heterocycles. The van der Waals surface area contributed by atoms with Gasteiger partial charge in [0.05, 0.1) is 27.9 Å². The molecular weight excluding hydrogens is 382 g/mol. The summed E-state index contributed by atoms with van der Waals surface area (Å²) >= 11 is 7.68. The zero-order valence-corrected chi connectivity index (χ0v) is 16.0. The van der Waals surface area contributed by atoms with Crippen LogP contribution >= 0.6 is 22.9 Å². The number of thiophene rings is 1. The molecule has 0 radical (unpaired) electrons. The molecule has 27 heavy (non-hydrogen) atoms. The van der Waals surface area contributed by atoms with Crippen LogP contribution in [0.4, 0.5) is 5.69 Å². The number of aromatic nitrogens is 2. The van der Waals surface area contributed by atoms with Crippen LogP contribution in [0.3, 0.4) is 0 Å². The van der Waals surface area contributed by atoms with Crippen molar-refractivity contribution in [2.45, 2.75) is 13.5 Å². The third-order valence-corrected chi connectivity index (χ3v) is 5.65. The number of carbonyl (C=O) groups is 1. The van der Waals surface area contributed by atoms with E-state index in [-0.39, 0.29) is 12.5 Å². The first-order valence-electron chi connectivity index (χ1n) is 8.32. The molecule has 0 unspecified atom stereocenters. The normalized spacial score (nSPS) is 11.1. The van der Waals surface area contributed by atoms with Crippen LogP contribution < -0.4 is 5.32 Å². The van der Waals surface area contributed by atoms with Crippen molar-refractivity contribution in [2.75, 3.05) is 5.32 Å². The number of aryl methyl sites for hydroxylation is 1. The van der Waals surface area contributed by atoms with Gasteiger partial charge in [0.2, 0.25) is 0 Å². The third-order valence-electron chi connectivity index (χ3n) is 4.22. The smallest absolute Gasteiger partial charge is 0.265 e. The zero-order valence-electron chi connectivity index (χ0n) is 14.4. The van der Waals surface area contributed by atoms with Crippen molar-refractivity contribution in [2.24, 2.45) is 0 Å². The molecule has 136 valence electrons. The molecule has 0 fully saturated rings. The van der Waals surface area contributed by atoms with E-state index < -0.39 is 0 Å². The van der Waals surface area contributed by atoms with E-state index >= 15 is 0 Å². The topological polar surface area (TPSA) is 67.2 Å². The first-order chi connectivity index (χ1) is 13.1. The fourth-order valence-electron chi connectivity index (χ4n) is 2.89. The number of aliphatic hydroxyl groups is 1. The molecule has 0 spiro atoms. The van der Waals surface area contributed by atoms with E-state index in [1.807, 2.05) is 37.3 Å². The van der Waals surface area contributed by atoms with E-state index in [0.717, 1.165) is 27.2 Å². The first-order valence-corrected chi connectivity index (χ1v) is 9.51. The quantitative estimate of drug-likeness (QED) is 0.520. The number of anilines is 1. The van der Waals surface area contributed by atoms with Crippen LogP contribution in [0.15, 0.2) is 54.6 Å². The van der Waals surface area contributed by atoms with Gasteiger partial charge < -0.3 is 10.4 Å². The molecule has 4 aromatic rings. The number of hydrogen-bond acceptors (Lipinski definition) is 4. The van der Waals surface area contributed by atoms with Crippen LogP contribution in [0, 0.1) is 6.92 Å². The van der Waals surface area contributed by atoms with Gasteiger partial charge in [0.25, 0.3) is 5.91 Å². The highest BCUT2D eigenvalue weighted by Gasteiger charge is 2.18. The van der Waals surface area contributed by atoms with Crippen molar-refractivity contribution in [1.82, 2.24) is 9.78 Å². The van der Waals surface area contributed by atoms with Gasteiger partial charge in [-0.3, -0.25) is 4.79 Å². The number of nitrogens with one attached hydrogen (secondary N) is 1. The Morgan fingerprint density at radius 3 is 2.81 bits per heavy atom. The van der Waals surface area contributed by atoms with Gasteiger partial charge in [0.15, 0.2) is 0 Å². The summed E-state index contributed by atoms with van der Waals surface area (Å²) in [6.07, 6.45) is 0. The number of benzene rings is 2. The Bertz CT molecular complexity index is 1150. The van der Waals surface area contributed by atoms with Crippen LogP contribution in [0.25, 0.3) is 15.9 Å². The minimum Gasteiger partial charge on any atom is -0.392 e. The van der Waals surface area contributed by atoms with Gasteiger partial charge in [0.1, 0.15) is 4.83 Å². The SMILES string of the molecule is Cc1nn(-c2ccccc2Cl)c2sc(C(=O)Nc3cccc(CO)c3)cc12. The van der Waals surface area contributed by atoms with Crippen LogP contribution in [0.1, 0.15) is 20.9 Å². The van der Waals surface area contributed by atoms with Crippen LogP contribution in [0.5, 0.6) is 0 Å². The minimum absolute atomic E-state index is 0.0700. The summed E-state index contributed by atoms with van der Waals surface area (Å²) in [6, 6.07) is 16.5. The minimum atomic E-state index is -0.198. The van der Waals surface area contributed by atoms with E-state index in [9.17, 15) is 9.90 Å². The monoisotopic (exact) mass is 397 g/mol. The van der Waals surface area contributed by atoms with E-state index in [1.165, 1.54) is 11.3 Å². The lowest BCUT2D eigenvalue weighted by atomic mass is 10.2. The number of amides is 1. The number of fused-ring (bicyclic) bond motifs is 1. The molecule has 2 heterocycles. The van der Waals surface area contributed by atoms with Gasteiger partial charge in [-0.1, -0.05) is 35.9 Å². The molecule has 0 aliphatic rings. The fraction of sp³-hybridized carbons (Fsp3) is 0.100. The molecule has 1 amide bonds. The second-order valence-electron chi connectivity index (χ2n) is 6.09. The molecule has 2 N–H and O–H groups in total. The summed E-state index contributed by atoms with van der Waals surface area (Å²) in [7, 11) is 0. The van der Waals surface area contributed by atoms with Crippen molar-refractivity contribution in [1.29, 1.82) is 0 Å². The average Bonchev–Trinajstić information content (AvgIpc) is 3.23. The summed E-state index contributed by atoms with van der Waals surface area (Å²) in [6.45, 7) is 1.84. The number of hydrogen-bond donors (Lipinski definition) is 2. The van der Waals surface area contributed by atoms with Crippen LogP contribution in [-0.2, 0) is 6.61 Å². The predicted molar refractivity (Wildman–Crippen MR) is 109 cm³/mol. The number of carbonyl (C=O) groups excluding carboxylic acids is 1. The maximum atomic E-state index is 12.7. The van der Waals surface area contributed by atoms with Gasteiger partial charge in [-0.15, -0.1) is 11.3 Å². The standard InChI is InChI=1S/C20H16ClN3O2S/c1-12-15-10-18(19(26)22-14-6-4-5-13(9-14)11-25)27-20(15)24(23-12)17-8-3-2-7-16(17)21/h2-10,25H,11H2,1H3,(H,22,26). The molecular formula is C20H16ClN3O2S. The Balaban J connectivity index is 1.70. The Labute approximate surface area is 164 Å². The average molecular weight is 398 g/mol. The molecule has 0 bridgehead atoms. The summed E-state index contributed by atoms with van der Waals surface area (Å²) in [5, 5.41) is 18.2. The Hall–Kier alpha value is -2.67. The number of rotatable bonds is 4. The highest BCUT2D eigenvalue weighted by Crippen LogP contribution is 2.32. The van der Waals surface area contributed by atoms with E-state index in [0.29, 0.717) is 15.6 Å². The summed E-state index contributed by atoms with van der Waals surface area (Å²) < 4.78 is 1.78. The Morgan fingerprint density at radius 2 is 2.04 bits per heavy atom. The highest BCUT2D eigenvalue weighted by molar-refractivity contribution is 7.20. The Morgan fingerprint density at radius 1 is 1.22 bits per heavy atom. The first kappa shape index (κ1) is 17.7. The van der Waals surface area contributed by atoms with Gasteiger partial charge in [0, 0.05) is 11.1 Å². The van der Waals surface area contributed by atoms with Crippen molar-refractivity contribution in [3.8, 4) is 5.69 Å². The van der Waals surface area contributed by atoms with Gasteiger partial charge in [-0.2, -0.15) is 5.10 Å². The van der Waals surface area contributed by atoms with Gasteiger partial charge in [-0.05, 0) is 42.8 Å². The lowest BCUT2D eigenvalue weighted by molar-refractivity contribution is 0.103. The molecule has 0 saturated carbocycles.